The predicted octanol–water partition coefficient (Wildman–Crippen LogP) is 3.26. The zero-order chi connectivity index (χ0) is 14.4. The minimum atomic E-state index is -0.137. The summed E-state index contributed by atoms with van der Waals surface area (Å²) in [6.07, 6.45) is 4.27. The molecule has 3 N–H and O–H groups in total. The highest BCUT2D eigenvalue weighted by Crippen LogP contribution is 2.25. The Morgan fingerprint density at radius 2 is 1.65 bits per heavy atom. The first-order chi connectivity index (χ1) is 9.65. The van der Waals surface area contributed by atoms with E-state index in [0.717, 1.165) is 11.1 Å². The number of rotatable bonds is 2. The highest BCUT2D eigenvalue weighted by molar-refractivity contribution is 5.55. The Labute approximate surface area is 117 Å². The lowest BCUT2D eigenvalue weighted by Crippen LogP contribution is -1.74. The summed E-state index contributed by atoms with van der Waals surface area (Å²) in [6.45, 7) is 0. The lowest BCUT2D eigenvalue weighted by molar-refractivity contribution is 0.403. The molecule has 0 aromatic heterocycles. The highest BCUT2D eigenvalue weighted by Gasteiger charge is 1.96. The number of allylic oxidation sites excluding steroid dienone is 1. The van der Waals surface area contributed by atoms with Crippen LogP contribution >= 0.6 is 0 Å². The molecular formula is C17H14O3. The molecule has 100 valence electrons. The van der Waals surface area contributed by atoms with Gasteiger partial charge in [0.25, 0.3) is 0 Å². The minimum absolute atomic E-state index is 0.130. The van der Waals surface area contributed by atoms with Crippen LogP contribution in [0.5, 0.6) is 17.2 Å². The van der Waals surface area contributed by atoms with E-state index in [1.807, 2.05) is 12.2 Å². The molecule has 3 nitrogen and oxygen atoms in total. The van der Waals surface area contributed by atoms with Crippen molar-refractivity contribution in [3.63, 3.8) is 0 Å². The third kappa shape index (κ3) is 3.82. The molecule has 2 aromatic carbocycles. The van der Waals surface area contributed by atoms with Crippen molar-refractivity contribution in [2.24, 2.45) is 0 Å². The molecule has 2 rings (SSSR count). The van der Waals surface area contributed by atoms with Crippen LogP contribution in [-0.4, -0.2) is 15.3 Å². The summed E-state index contributed by atoms with van der Waals surface area (Å²) in [7, 11) is 0. The molecule has 0 aliphatic carbocycles. The smallest absolute Gasteiger partial charge is 0.157 e. The molecule has 0 atom stereocenters. The SMILES string of the molecule is Oc1ccc(C#CCC=Cc2ccc(O)c(O)c2)cc1. The molecule has 0 aliphatic heterocycles. The number of hydrogen-bond acceptors (Lipinski definition) is 3. The zero-order valence-corrected chi connectivity index (χ0v) is 10.7. The summed E-state index contributed by atoms with van der Waals surface area (Å²) >= 11 is 0. The topological polar surface area (TPSA) is 60.7 Å². The quantitative estimate of drug-likeness (QED) is 0.577. The Hall–Kier alpha value is -2.86. The summed E-state index contributed by atoms with van der Waals surface area (Å²) in [5, 5.41) is 27.7. The summed E-state index contributed by atoms with van der Waals surface area (Å²) in [5.74, 6) is 5.92. The molecule has 0 fully saturated rings. The average Bonchev–Trinajstić information content (AvgIpc) is 2.44. The van der Waals surface area contributed by atoms with Gasteiger partial charge in [0.05, 0.1) is 0 Å². The van der Waals surface area contributed by atoms with E-state index in [9.17, 15) is 10.2 Å². The van der Waals surface area contributed by atoms with Gasteiger partial charge in [0, 0.05) is 12.0 Å². The summed E-state index contributed by atoms with van der Waals surface area (Å²) in [5.41, 5.74) is 1.64. The van der Waals surface area contributed by atoms with Gasteiger partial charge >= 0.3 is 0 Å². The van der Waals surface area contributed by atoms with Gasteiger partial charge in [-0.3, -0.25) is 0 Å². The molecule has 20 heavy (non-hydrogen) atoms. The lowest BCUT2D eigenvalue weighted by Gasteiger charge is -1.97. The second kappa shape index (κ2) is 6.35. The van der Waals surface area contributed by atoms with Crippen LogP contribution < -0.4 is 0 Å². The number of phenols is 3. The molecular weight excluding hydrogens is 252 g/mol. The Morgan fingerprint density at radius 1 is 0.900 bits per heavy atom. The van der Waals surface area contributed by atoms with Crippen LogP contribution in [0.3, 0.4) is 0 Å². The van der Waals surface area contributed by atoms with Crippen LogP contribution in [0.25, 0.3) is 6.08 Å². The third-order valence-electron chi connectivity index (χ3n) is 2.63. The van der Waals surface area contributed by atoms with Crippen molar-refractivity contribution < 1.29 is 15.3 Å². The Kier molecular flexibility index (Phi) is 4.31. The normalized spacial score (nSPS) is 10.2. The van der Waals surface area contributed by atoms with Crippen molar-refractivity contribution in [3.05, 3.63) is 59.7 Å². The van der Waals surface area contributed by atoms with Crippen LogP contribution in [0.4, 0.5) is 0 Å². The van der Waals surface area contributed by atoms with Gasteiger partial charge in [-0.1, -0.05) is 30.1 Å². The van der Waals surface area contributed by atoms with Crippen LogP contribution in [0, 0.1) is 11.8 Å². The van der Waals surface area contributed by atoms with Crippen LogP contribution in [0.15, 0.2) is 48.5 Å². The predicted molar refractivity (Wildman–Crippen MR) is 78.4 cm³/mol. The molecule has 0 spiro atoms. The first-order valence-corrected chi connectivity index (χ1v) is 6.11. The molecule has 3 heteroatoms. The first kappa shape index (κ1) is 13.6. The van der Waals surface area contributed by atoms with E-state index in [0.29, 0.717) is 6.42 Å². The van der Waals surface area contributed by atoms with Gasteiger partial charge in [-0.05, 0) is 42.0 Å². The second-order valence-electron chi connectivity index (χ2n) is 4.20. The number of phenolic OH excluding ortho intramolecular Hbond substituents is 3. The fourth-order valence-corrected chi connectivity index (χ4v) is 1.60. The number of aromatic hydroxyl groups is 3. The molecule has 0 saturated heterocycles. The molecule has 0 saturated carbocycles. The molecule has 0 unspecified atom stereocenters. The van der Waals surface area contributed by atoms with Crippen molar-refractivity contribution in [3.8, 4) is 29.1 Å². The maximum Gasteiger partial charge on any atom is 0.157 e. The molecule has 0 amide bonds. The van der Waals surface area contributed by atoms with E-state index in [-0.39, 0.29) is 17.2 Å². The van der Waals surface area contributed by atoms with E-state index in [1.165, 1.54) is 12.1 Å². The fourth-order valence-electron chi connectivity index (χ4n) is 1.60. The van der Waals surface area contributed by atoms with E-state index < -0.39 is 0 Å². The zero-order valence-electron chi connectivity index (χ0n) is 10.7. The first-order valence-electron chi connectivity index (χ1n) is 6.11. The Bertz CT molecular complexity index is 674. The van der Waals surface area contributed by atoms with Crippen LogP contribution in [-0.2, 0) is 0 Å². The van der Waals surface area contributed by atoms with E-state index in [4.69, 9.17) is 5.11 Å². The van der Waals surface area contributed by atoms with E-state index in [2.05, 4.69) is 11.8 Å². The van der Waals surface area contributed by atoms with Gasteiger partial charge in [0.2, 0.25) is 0 Å². The maximum absolute atomic E-state index is 9.34. The summed E-state index contributed by atoms with van der Waals surface area (Å²) < 4.78 is 0. The fraction of sp³-hybridized carbons (Fsp3) is 0.0588. The lowest BCUT2D eigenvalue weighted by atomic mass is 10.1. The van der Waals surface area contributed by atoms with Gasteiger partial charge in [0.1, 0.15) is 5.75 Å². The summed E-state index contributed by atoms with van der Waals surface area (Å²) in [6, 6.07) is 11.3. The van der Waals surface area contributed by atoms with Gasteiger partial charge < -0.3 is 15.3 Å². The Balaban J connectivity index is 1.94. The average molecular weight is 266 g/mol. The molecule has 0 bridgehead atoms. The van der Waals surface area contributed by atoms with Crippen LogP contribution in [0.1, 0.15) is 17.5 Å². The number of benzene rings is 2. The van der Waals surface area contributed by atoms with E-state index >= 15 is 0 Å². The highest BCUT2D eigenvalue weighted by atomic mass is 16.3. The van der Waals surface area contributed by atoms with Crippen LogP contribution in [0.2, 0.25) is 0 Å². The van der Waals surface area contributed by atoms with Crippen molar-refractivity contribution in [2.45, 2.75) is 6.42 Å². The van der Waals surface area contributed by atoms with Crippen molar-refractivity contribution in [1.82, 2.24) is 0 Å². The van der Waals surface area contributed by atoms with Gasteiger partial charge in [-0.15, -0.1) is 0 Å². The maximum atomic E-state index is 9.34. The molecule has 2 aromatic rings. The standard InChI is InChI=1S/C17H14O3/c18-15-9-6-13(7-10-15)4-2-1-3-5-14-8-11-16(19)17(20)12-14/h3,5-12,18-20H,1H2. The Morgan fingerprint density at radius 3 is 2.35 bits per heavy atom. The van der Waals surface area contributed by atoms with Gasteiger partial charge in [-0.25, -0.2) is 0 Å². The monoisotopic (exact) mass is 266 g/mol. The summed E-state index contributed by atoms with van der Waals surface area (Å²) in [4.78, 5) is 0. The van der Waals surface area contributed by atoms with Gasteiger partial charge in [0.15, 0.2) is 11.5 Å². The molecule has 0 radical (unpaired) electrons. The van der Waals surface area contributed by atoms with Gasteiger partial charge in [-0.2, -0.15) is 0 Å². The van der Waals surface area contributed by atoms with Crippen molar-refractivity contribution >= 4 is 6.08 Å². The van der Waals surface area contributed by atoms with Crippen molar-refractivity contribution in [1.29, 1.82) is 0 Å². The largest absolute Gasteiger partial charge is 0.508 e. The van der Waals surface area contributed by atoms with Crippen molar-refractivity contribution in [2.75, 3.05) is 0 Å². The minimum Gasteiger partial charge on any atom is -0.508 e. The number of hydrogen-bond donors (Lipinski definition) is 3. The third-order valence-corrected chi connectivity index (χ3v) is 2.63. The molecule has 0 aliphatic rings. The van der Waals surface area contributed by atoms with E-state index in [1.54, 1.807) is 30.3 Å². The second-order valence-corrected chi connectivity index (χ2v) is 4.20. The molecule has 0 heterocycles.